The van der Waals surface area contributed by atoms with E-state index in [2.05, 4.69) is 5.32 Å². The average molecular weight is 387 g/mol. The van der Waals surface area contributed by atoms with Gasteiger partial charge in [-0.1, -0.05) is 18.2 Å². The summed E-state index contributed by atoms with van der Waals surface area (Å²) in [5.41, 5.74) is 3.22. The fourth-order valence-electron chi connectivity index (χ4n) is 3.15. The monoisotopic (exact) mass is 387 g/mol. The predicted molar refractivity (Wildman–Crippen MR) is 106 cm³/mol. The number of benzene rings is 2. The minimum absolute atomic E-state index is 0.288. The van der Waals surface area contributed by atoms with E-state index in [1.165, 1.54) is 12.1 Å². The van der Waals surface area contributed by atoms with Gasteiger partial charge in [0, 0.05) is 0 Å². The topological polar surface area (TPSA) is 75.6 Å². The minimum Gasteiger partial charge on any atom is -0.481 e. The Labute approximate surface area is 164 Å². The van der Waals surface area contributed by atoms with E-state index < -0.39 is 23.7 Å². The summed E-state index contributed by atoms with van der Waals surface area (Å²) in [5.74, 6) is -1.34. The van der Waals surface area contributed by atoms with Gasteiger partial charge in [-0.15, -0.1) is 0 Å². The fraction of sp³-hybridized carbons (Fsp3) is 0.364. The van der Waals surface area contributed by atoms with Crippen LogP contribution in [0.4, 0.5) is 9.18 Å². The number of aryl methyl sites for hydroxylation is 2. The van der Waals surface area contributed by atoms with Crippen molar-refractivity contribution in [3.05, 3.63) is 58.9 Å². The number of amides is 1. The van der Waals surface area contributed by atoms with Gasteiger partial charge < -0.3 is 15.2 Å². The van der Waals surface area contributed by atoms with Crippen molar-refractivity contribution in [2.24, 2.45) is 0 Å². The van der Waals surface area contributed by atoms with Crippen LogP contribution in [0.15, 0.2) is 36.4 Å². The quantitative estimate of drug-likeness (QED) is 0.744. The van der Waals surface area contributed by atoms with Gasteiger partial charge in [-0.05, 0) is 80.6 Å². The maximum absolute atomic E-state index is 13.6. The summed E-state index contributed by atoms with van der Waals surface area (Å²) in [7, 11) is 0. The normalized spacial score (nSPS) is 12.4. The molecule has 1 amide bonds. The molecule has 2 aromatic rings. The van der Waals surface area contributed by atoms with Gasteiger partial charge in [0.2, 0.25) is 0 Å². The molecule has 2 aromatic carbocycles. The van der Waals surface area contributed by atoms with Crippen LogP contribution in [0.25, 0.3) is 11.1 Å². The number of rotatable bonds is 5. The molecule has 2 rings (SSSR count). The summed E-state index contributed by atoms with van der Waals surface area (Å²) >= 11 is 0. The van der Waals surface area contributed by atoms with Crippen molar-refractivity contribution in [2.45, 2.75) is 52.7 Å². The van der Waals surface area contributed by atoms with Crippen LogP contribution in [0, 0.1) is 19.7 Å². The van der Waals surface area contributed by atoms with Crippen molar-refractivity contribution >= 4 is 12.1 Å². The first-order valence-corrected chi connectivity index (χ1v) is 9.04. The van der Waals surface area contributed by atoms with Crippen molar-refractivity contribution in [3.8, 4) is 11.1 Å². The molecule has 0 aliphatic carbocycles. The van der Waals surface area contributed by atoms with Crippen LogP contribution in [-0.2, 0) is 9.53 Å². The van der Waals surface area contributed by atoms with E-state index in [-0.39, 0.29) is 12.2 Å². The number of nitrogens with one attached hydrogen (secondary N) is 1. The van der Waals surface area contributed by atoms with E-state index in [0.29, 0.717) is 5.56 Å². The third kappa shape index (κ3) is 5.81. The van der Waals surface area contributed by atoms with E-state index in [9.17, 15) is 19.1 Å². The average Bonchev–Trinajstić information content (AvgIpc) is 2.51. The molecule has 0 aliphatic heterocycles. The molecule has 0 bridgehead atoms. The molecular weight excluding hydrogens is 361 g/mol. The number of carbonyl (C=O) groups excluding carboxylic acids is 1. The van der Waals surface area contributed by atoms with Crippen LogP contribution in [0.2, 0.25) is 0 Å². The van der Waals surface area contributed by atoms with Crippen molar-refractivity contribution < 1.29 is 23.8 Å². The van der Waals surface area contributed by atoms with Crippen LogP contribution in [0.1, 0.15) is 49.9 Å². The van der Waals surface area contributed by atoms with Gasteiger partial charge in [0.25, 0.3) is 0 Å². The van der Waals surface area contributed by atoms with E-state index in [1.807, 2.05) is 26.0 Å². The smallest absolute Gasteiger partial charge is 0.408 e. The van der Waals surface area contributed by atoms with E-state index in [0.717, 1.165) is 22.3 Å². The first kappa shape index (κ1) is 21.4. The van der Waals surface area contributed by atoms with Gasteiger partial charge in [0.15, 0.2) is 0 Å². The summed E-state index contributed by atoms with van der Waals surface area (Å²) in [5, 5.41) is 11.9. The van der Waals surface area contributed by atoms with Crippen molar-refractivity contribution in [2.75, 3.05) is 0 Å². The first-order chi connectivity index (χ1) is 13.0. The largest absolute Gasteiger partial charge is 0.481 e. The Morgan fingerprint density at radius 3 is 2.29 bits per heavy atom. The highest BCUT2D eigenvalue weighted by Gasteiger charge is 2.23. The maximum Gasteiger partial charge on any atom is 0.408 e. The lowest BCUT2D eigenvalue weighted by atomic mass is 9.92. The van der Waals surface area contributed by atoms with E-state index in [4.69, 9.17) is 4.74 Å². The van der Waals surface area contributed by atoms with Gasteiger partial charge in [-0.3, -0.25) is 4.79 Å². The first-order valence-electron chi connectivity index (χ1n) is 9.04. The fourth-order valence-corrected chi connectivity index (χ4v) is 3.15. The third-order valence-electron chi connectivity index (χ3n) is 4.14. The number of hydrogen-bond acceptors (Lipinski definition) is 3. The highest BCUT2D eigenvalue weighted by atomic mass is 19.1. The number of alkyl carbamates (subject to hydrolysis) is 1. The Kier molecular flexibility index (Phi) is 6.44. The second-order valence-corrected chi connectivity index (χ2v) is 7.84. The Morgan fingerprint density at radius 2 is 1.75 bits per heavy atom. The van der Waals surface area contributed by atoms with Crippen LogP contribution in [0.5, 0.6) is 0 Å². The highest BCUT2D eigenvalue weighted by Crippen LogP contribution is 2.30. The van der Waals surface area contributed by atoms with Gasteiger partial charge in [-0.25, -0.2) is 9.18 Å². The lowest BCUT2D eigenvalue weighted by Crippen LogP contribution is -2.35. The van der Waals surface area contributed by atoms with E-state index >= 15 is 0 Å². The third-order valence-corrected chi connectivity index (χ3v) is 4.14. The van der Waals surface area contributed by atoms with Gasteiger partial charge in [0.1, 0.15) is 11.4 Å². The molecule has 0 radical (unpaired) electrons. The lowest BCUT2D eigenvalue weighted by molar-refractivity contribution is -0.137. The molecule has 0 aromatic heterocycles. The lowest BCUT2D eigenvalue weighted by Gasteiger charge is -2.23. The SMILES string of the molecule is Cc1cc(F)cc(C)c1-c1cccc(C(CC(=O)O)NC(=O)OC(C)(C)C)c1. The molecule has 2 N–H and O–H groups in total. The molecular formula is C22H26FNO4. The predicted octanol–water partition coefficient (Wildman–Crippen LogP) is 5.15. The molecule has 0 heterocycles. The van der Waals surface area contributed by atoms with Gasteiger partial charge in [-0.2, -0.15) is 0 Å². The Bertz CT molecular complexity index is 863. The second-order valence-electron chi connectivity index (χ2n) is 7.84. The zero-order valence-corrected chi connectivity index (χ0v) is 16.8. The summed E-state index contributed by atoms with van der Waals surface area (Å²) in [6, 6.07) is 9.40. The number of carboxylic acids is 1. The van der Waals surface area contributed by atoms with Crippen molar-refractivity contribution in [3.63, 3.8) is 0 Å². The molecule has 6 heteroatoms. The van der Waals surface area contributed by atoms with Crippen LogP contribution in [-0.4, -0.2) is 22.8 Å². The number of carboxylic acid groups (broad SMARTS) is 1. The van der Waals surface area contributed by atoms with Crippen molar-refractivity contribution in [1.29, 1.82) is 0 Å². The molecule has 0 saturated heterocycles. The van der Waals surface area contributed by atoms with Gasteiger partial charge >= 0.3 is 12.1 Å². The van der Waals surface area contributed by atoms with Crippen molar-refractivity contribution in [1.82, 2.24) is 5.32 Å². The molecule has 1 unspecified atom stereocenters. The summed E-state index contributed by atoms with van der Waals surface area (Å²) in [4.78, 5) is 23.5. The molecule has 150 valence electrons. The summed E-state index contributed by atoms with van der Waals surface area (Å²) in [6.07, 6.45) is -0.970. The number of halogens is 1. The van der Waals surface area contributed by atoms with Crippen LogP contribution >= 0.6 is 0 Å². The molecule has 0 fully saturated rings. The number of hydrogen-bond donors (Lipinski definition) is 2. The molecule has 0 spiro atoms. The zero-order valence-electron chi connectivity index (χ0n) is 16.8. The van der Waals surface area contributed by atoms with Gasteiger partial charge in [0.05, 0.1) is 12.5 Å². The highest BCUT2D eigenvalue weighted by molar-refractivity contribution is 5.74. The second kappa shape index (κ2) is 8.42. The molecule has 5 nitrogen and oxygen atoms in total. The standard InChI is InChI=1S/C22H26FNO4/c1-13-9-17(23)10-14(2)20(13)16-8-6-7-15(11-16)18(12-19(25)26)24-21(27)28-22(3,4)5/h6-11,18H,12H2,1-5H3,(H,24,27)(H,25,26). The summed E-state index contributed by atoms with van der Waals surface area (Å²) in [6.45, 7) is 8.86. The minimum atomic E-state index is -1.04. The Balaban J connectivity index is 2.39. The van der Waals surface area contributed by atoms with Crippen LogP contribution < -0.4 is 5.32 Å². The number of aliphatic carboxylic acids is 1. The molecule has 0 saturated carbocycles. The zero-order chi connectivity index (χ0) is 21.1. The maximum atomic E-state index is 13.6. The molecule has 28 heavy (non-hydrogen) atoms. The van der Waals surface area contributed by atoms with E-state index in [1.54, 1.807) is 32.9 Å². The molecule has 0 aliphatic rings. The number of ether oxygens (including phenoxy) is 1. The summed E-state index contributed by atoms with van der Waals surface area (Å²) < 4.78 is 18.9. The Hall–Kier alpha value is -2.89. The van der Waals surface area contributed by atoms with Crippen LogP contribution in [0.3, 0.4) is 0 Å². The number of carbonyl (C=O) groups is 2. The Morgan fingerprint density at radius 1 is 1.14 bits per heavy atom. The molecule has 1 atom stereocenters.